The maximum absolute atomic E-state index is 12.8. The van der Waals surface area contributed by atoms with E-state index in [-0.39, 0.29) is 24.8 Å². The van der Waals surface area contributed by atoms with Gasteiger partial charge in [-0.2, -0.15) is 0 Å². The maximum atomic E-state index is 12.8. The molecule has 1 amide bonds. The average molecular weight is 523 g/mol. The number of aliphatic carboxylic acids is 2. The number of hydrogen-bond acceptors (Lipinski definition) is 8. The van der Waals surface area contributed by atoms with E-state index in [9.17, 15) is 34.5 Å². The first-order chi connectivity index (χ1) is 17.7. The minimum atomic E-state index is -1.55. The van der Waals surface area contributed by atoms with E-state index >= 15 is 0 Å². The highest BCUT2D eigenvalue weighted by Crippen LogP contribution is 2.23. The van der Waals surface area contributed by atoms with Gasteiger partial charge in [-0.25, -0.2) is 0 Å². The zero-order valence-corrected chi connectivity index (χ0v) is 20.2. The van der Waals surface area contributed by atoms with Crippen molar-refractivity contribution >= 4 is 40.9 Å². The molecular weight excluding hydrogens is 500 g/mol. The Labute approximate surface area is 218 Å². The third-order valence-electron chi connectivity index (χ3n) is 4.70. The van der Waals surface area contributed by atoms with Crippen molar-refractivity contribution < 1.29 is 34.5 Å². The molecule has 3 aromatic rings. The Balaban J connectivity index is 0.000000521. The monoisotopic (exact) mass is 522 g/mol. The van der Waals surface area contributed by atoms with Crippen LogP contribution in [0.3, 0.4) is 0 Å². The third-order valence-corrected chi connectivity index (χ3v) is 4.93. The smallest absolute Gasteiger partial charge is 0.238 e. The van der Waals surface area contributed by atoms with Crippen LogP contribution in [0.4, 0.5) is 5.69 Å². The van der Waals surface area contributed by atoms with Gasteiger partial charge in [0.1, 0.15) is 0 Å². The summed E-state index contributed by atoms with van der Waals surface area (Å²) in [5, 5.41) is 35.0. The Bertz CT molecular complexity index is 1230. The van der Waals surface area contributed by atoms with Crippen LogP contribution in [0, 0.1) is 0 Å². The van der Waals surface area contributed by atoms with E-state index in [2.05, 4.69) is 10.6 Å². The summed E-state index contributed by atoms with van der Waals surface area (Å²) in [6.45, 7) is 0.222. The number of carbonyl (C=O) groups is 4. The number of aliphatic hydroxyl groups is 1. The van der Waals surface area contributed by atoms with E-state index in [1.54, 1.807) is 42.5 Å². The fourth-order valence-corrected chi connectivity index (χ4v) is 3.18. The lowest BCUT2D eigenvalue weighted by molar-refractivity contribution is -0.301. The topological polar surface area (TPSA) is 159 Å². The van der Waals surface area contributed by atoms with E-state index < -0.39 is 18.0 Å². The van der Waals surface area contributed by atoms with Crippen LogP contribution in [0.1, 0.15) is 27.6 Å². The number of carboxylic acid groups (broad SMARTS) is 2. The van der Waals surface area contributed by atoms with Crippen LogP contribution in [0.15, 0.2) is 91.0 Å². The van der Waals surface area contributed by atoms with Gasteiger partial charge in [-0.15, -0.1) is 0 Å². The minimum absolute atomic E-state index is 0.00844. The van der Waals surface area contributed by atoms with Crippen molar-refractivity contribution in [2.75, 3.05) is 18.4 Å². The quantitative estimate of drug-likeness (QED) is 0.261. The molecule has 0 aliphatic heterocycles. The summed E-state index contributed by atoms with van der Waals surface area (Å²) in [4.78, 5) is 44.0. The molecule has 3 aromatic carbocycles. The molecule has 192 valence electrons. The molecule has 0 saturated carbocycles. The van der Waals surface area contributed by atoms with E-state index in [1.807, 2.05) is 36.4 Å². The van der Waals surface area contributed by atoms with Crippen molar-refractivity contribution in [2.24, 2.45) is 0 Å². The number of halogens is 1. The van der Waals surface area contributed by atoms with Crippen molar-refractivity contribution in [1.29, 1.82) is 0 Å². The van der Waals surface area contributed by atoms with Gasteiger partial charge in [-0.1, -0.05) is 72.3 Å². The summed E-state index contributed by atoms with van der Waals surface area (Å²) in [5.41, 5.74) is 1.99. The Morgan fingerprint density at radius 3 is 2.00 bits per heavy atom. The SMILES string of the molecule is O=C(CNCC(O)c1ccccc1)Nc1ccc(Cl)cc1C(=O)c1ccccc1.O=C([O-])C=CC(=O)[O-]. The summed E-state index contributed by atoms with van der Waals surface area (Å²) >= 11 is 6.06. The maximum Gasteiger partial charge on any atom is 0.238 e. The number of anilines is 1. The summed E-state index contributed by atoms with van der Waals surface area (Å²) in [6, 6.07) is 22.8. The fraction of sp³-hybridized carbons (Fsp3) is 0.111. The highest BCUT2D eigenvalue weighted by Gasteiger charge is 2.16. The lowest BCUT2D eigenvalue weighted by atomic mass is 10.0. The Kier molecular flexibility index (Phi) is 11.7. The molecular formula is C27H23ClN2O7-2. The summed E-state index contributed by atoms with van der Waals surface area (Å²) < 4.78 is 0. The fourth-order valence-electron chi connectivity index (χ4n) is 3.00. The molecule has 0 aliphatic rings. The lowest BCUT2D eigenvalue weighted by Crippen LogP contribution is -2.31. The molecule has 9 nitrogen and oxygen atoms in total. The molecule has 0 aliphatic carbocycles. The standard InChI is InChI=1S/C23H21ClN2O3.C4H4O4/c24-18-11-12-20(19(13-18)23(29)17-9-5-2-6-10-17)26-22(28)15-25-14-21(27)16-7-3-1-4-8-16;5-3(6)1-2-4(7)8/h1-13,21,25,27H,14-15H2,(H,26,28);1-2H,(H,5,6)(H,7,8)/p-2. The third kappa shape index (κ3) is 10.5. The van der Waals surface area contributed by atoms with Crippen molar-refractivity contribution in [1.82, 2.24) is 5.32 Å². The predicted molar refractivity (Wildman–Crippen MR) is 133 cm³/mol. The van der Waals surface area contributed by atoms with Gasteiger partial charge in [-0.05, 0) is 35.9 Å². The molecule has 0 bridgehead atoms. The average Bonchev–Trinajstić information content (AvgIpc) is 2.89. The van der Waals surface area contributed by atoms with Crippen molar-refractivity contribution in [3.05, 3.63) is 113 Å². The van der Waals surface area contributed by atoms with Gasteiger partial charge < -0.3 is 35.5 Å². The second kappa shape index (κ2) is 14.9. The second-order valence-electron chi connectivity index (χ2n) is 7.46. The molecule has 1 atom stereocenters. The molecule has 0 aromatic heterocycles. The van der Waals surface area contributed by atoms with E-state index in [0.29, 0.717) is 34.0 Å². The normalized spacial score (nSPS) is 11.2. The van der Waals surface area contributed by atoms with Crippen LogP contribution < -0.4 is 20.8 Å². The zero-order chi connectivity index (χ0) is 27.2. The number of nitrogens with one attached hydrogen (secondary N) is 2. The second-order valence-corrected chi connectivity index (χ2v) is 7.90. The molecule has 0 saturated heterocycles. The number of carbonyl (C=O) groups excluding carboxylic acids is 4. The van der Waals surface area contributed by atoms with Crippen molar-refractivity contribution in [3.8, 4) is 0 Å². The summed E-state index contributed by atoms with van der Waals surface area (Å²) in [7, 11) is 0. The van der Waals surface area contributed by atoms with Crippen LogP contribution in [-0.4, -0.2) is 41.8 Å². The number of benzene rings is 3. The van der Waals surface area contributed by atoms with Crippen molar-refractivity contribution in [3.63, 3.8) is 0 Å². The van der Waals surface area contributed by atoms with Crippen LogP contribution >= 0.6 is 11.6 Å². The van der Waals surface area contributed by atoms with Gasteiger partial charge in [0.2, 0.25) is 5.91 Å². The Morgan fingerprint density at radius 2 is 1.43 bits per heavy atom. The van der Waals surface area contributed by atoms with Gasteiger partial charge in [0.15, 0.2) is 5.78 Å². The molecule has 3 N–H and O–H groups in total. The molecule has 0 spiro atoms. The largest absolute Gasteiger partial charge is 0.545 e. The predicted octanol–water partition coefficient (Wildman–Crippen LogP) is 0.875. The number of carboxylic acids is 2. The van der Waals surface area contributed by atoms with Gasteiger partial charge in [0.25, 0.3) is 0 Å². The van der Waals surface area contributed by atoms with Crippen LogP contribution in [0.2, 0.25) is 5.02 Å². The molecule has 37 heavy (non-hydrogen) atoms. The van der Waals surface area contributed by atoms with Crippen LogP contribution in [-0.2, 0) is 14.4 Å². The summed E-state index contributed by atoms with van der Waals surface area (Å²) in [5.74, 6) is -3.64. The number of ketones is 1. The molecule has 0 fully saturated rings. The van der Waals surface area contributed by atoms with E-state index in [0.717, 1.165) is 5.56 Å². The molecule has 10 heteroatoms. The van der Waals surface area contributed by atoms with Crippen molar-refractivity contribution in [2.45, 2.75) is 6.10 Å². The van der Waals surface area contributed by atoms with Gasteiger partial charge in [0.05, 0.1) is 30.3 Å². The number of hydrogen-bond donors (Lipinski definition) is 3. The highest BCUT2D eigenvalue weighted by molar-refractivity contribution is 6.31. The first-order valence-electron chi connectivity index (χ1n) is 10.9. The highest BCUT2D eigenvalue weighted by atomic mass is 35.5. The molecule has 0 radical (unpaired) electrons. The van der Waals surface area contributed by atoms with E-state index in [1.165, 1.54) is 0 Å². The summed E-state index contributed by atoms with van der Waals surface area (Å²) in [6.07, 6.45) is 0.0553. The molecule has 0 heterocycles. The van der Waals surface area contributed by atoms with Gasteiger partial charge >= 0.3 is 0 Å². The molecule has 3 rings (SSSR count). The molecule has 1 unspecified atom stereocenters. The van der Waals surface area contributed by atoms with Crippen LogP contribution in [0.25, 0.3) is 0 Å². The first kappa shape index (κ1) is 28.9. The van der Waals surface area contributed by atoms with Gasteiger partial charge in [-0.3, -0.25) is 9.59 Å². The van der Waals surface area contributed by atoms with E-state index in [4.69, 9.17) is 11.6 Å². The number of amides is 1. The number of aliphatic hydroxyl groups excluding tert-OH is 1. The first-order valence-corrected chi connectivity index (χ1v) is 11.3. The Hall–Kier alpha value is -4.31. The van der Waals surface area contributed by atoms with Gasteiger partial charge in [0, 0.05) is 22.7 Å². The van der Waals surface area contributed by atoms with Crippen LogP contribution in [0.5, 0.6) is 0 Å². The minimum Gasteiger partial charge on any atom is -0.545 e. The Morgan fingerprint density at radius 1 is 0.865 bits per heavy atom. The lowest BCUT2D eigenvalue weighted by Gasteiger charge is -2.14. The number of rotatable bonds is 10. The zero-order valence-electron chi connectivity index (χ0n) is 19.4.